The van der Waals surface area contributed by atoms with E-state index >= 15 is 0 Å². The number of amides is 2. The number of piperidine rings is 1. The van der Waals surface area contributed by atoms with Crippen LogP contribution in [-0.2, 0) is 10.0 Å². The molecule has 29 heavy (non-hydrogen) atoms. The first kappa shape index (κ1) is 19.9. The van der Waals surface area contributed by atoms with Crippen molar-refractivity contribution in [1.82, 2.24) is 19.5 Å². The summed E-state index contributed by atoms with van der Waals surface area (Å²) in [4.78, 5) is 18.7. The third-order valence-electron chi connectivity index (χ3n) is 6.10. The normalized spacial score (nSPS) is 29.4. The van der Waals surface area contributed by atoms with Crippen LogP contribution in [0.4, 0.5) is 10.6 Å². The molecular weight excluding hydrogens is 392 g/mol. The van der Waals surface area contributed by atoms with Gasteiger partial charge in [-0.15, -0.1) is 0 Å². The number of nitrogens with zero attached hydrogens (tertiary/aromatic N) is 4. The molecule has 0 aliphatic carbocycles. The Hall–Kier alpha value is -2.38. The smallest absolute Gasteiger partial charge is 0.317 e. The number of hydrogen-bond donors (Lipinski definition) is 2. The Labute approximate surface area is 171 Å². The summed E-state index contributed by atoms with van der Waals surface area (Å²) in [5.74, 6) is 0.695. The van der Waals surface area contributed by atoms with Gasteiger partial charge in [-0.3, -0.25) is 0 Å². The molecule has 0 saturated carbocycles. The first-order valence-corrected chi connectivity index (χ1v) is 11.8. The molecule has 3 atom stereocenters. The summed E-state index contributed by atoms with van der Waals surface area (Å²) in [6.07, 6.45) is 6.73. The Kier molecular flexibility index (Phi) is 5.36. The van der Waals surface area contributed by atoms with Crippen LogP contribution >= 0.6 is 0 Å². The van der Waals surface area contributed by atoms with E-state index in [1.807, 2.05) is 6.07 Å². The molecule has 2 N–H and O–H groups in total. The Morgan fingerprint density at radius 1 is 1.21 bits per heavy atom. The van der Waals surface area contributed by atoms with Crippen molar-refractivity contribution in [2.75, 3.05) is 24.7 Å². The van der Waals surface area contributed by atoms with Gasteiger partial charge in [-0.1, -0.05) is 0 Å². The van der Waals surface area contributed by atoms with E-state index in [-0.39, 0.29) is 30.2 Å². The quantitative estimate of drug-likeness (QED) is 0.756. The van der Waals surface area contributed by atoms with Crippen molar-refractivity contribution in [3.8, 4) is 6.07 Å². The molecule has 4 rings (SSSR count). The average molecular weight is 419 g/mol. The number of nitriles is 1. The van der Waals surface area contributed by atoms with Crippen molar-refractivity contribution >= 4 is 21.9 Å². The fourth-order valence-corrected chi connectivity index (χ4v) is 6.34. The first-order valence-electron chi connectivity index (χ1n) is 10.00. The van der Waals surface area contributed by atoms with E-state index in [1.54, 1.807) is 21.3 Å². The summed E-state index contributed by atoms with van der Waals surface area (Å²) in [6, 6.07) is 5.59. The van der Waals surface area contributed by atoms with Crippen molar-refractivity contribution in [1.29, 1.82) is 5.26 Å². The summed E-state index contributed by atoms with van der Waals surface area (Å²) in [6.45, 7) is 1.25. The van der Waals surface area contributed by atoms with Crippen LogP contribution in [0.15, 0.2) is 18.3 Å². The minimum Gasteiger partial charge on any atom is -0.365 e. The van der Waals surface area contributed by atoms with Crippen LogP contribution in [0, 0.1) is 11.3 Å². The first-order chi connectivity index (χ1) is 13.8. The third kappa shape index (κ3) is 4.31. The lowest BCUT2D eigenvalue weighted by Gasteiger charge is -2.37. The number of fused-ring (bicyclic) bond motifs is 2. The van der Waals surface area contributed by atoms with Gasteiger partial charge in [0.25, 0.3) is 0 Å². The van der Waals surface area contributed by atoms with Crippen molar-refractivity contribution < 1.29 is 13.2 Å². The highest BCUT2D eigenvalue weighted by Crippen LogP contribution is 2.37. The monoisotopic (exact) mass is 418 g/mol. The summed E-state index contributed by atoms with van der Waals surface area (Å²) >= 11 is 0. The Balaban J connectivity index is 1.28. The predicted octanol–water partition coefficient (Wildman–Crippen LogP) is 1.10. The molecule has 4 heterocycles. The van der Waals surface area contributed by atoms with Gasteiger partial charge in [0.1, 0.15) is 11.9 Å². The van der Waals surface area contributed by atoms with Crippen molar-refractivity contribution in [3.05, 3.63) is 23.9 Å². The largest absolute Gasteiger partial charge is 0.365 e. The van der Waals surface area contributed by atoms with Crippen LogP contribution < -0.4 is 10.6 Å². The van der Waals surface area contributed by atoms with Gasteiger partial charge in [0.2, 0.25) is 10.0 Å². The molecule has 0 aromatic carbocycles. The molecule has 3 fully saturated rings. The number of rotatable bonds is 4. The zero-order valence-electron chi connectivity index (χ0n) is 16.4. The summed E-state index contributed by atoms with van der Waals surface area (Å²) < 4.78 is 25.7. The van der Waals surface area contributed by atoms with E-state index < -0.39 is 10.0 Å². The zero-order chi connectivity index (χ0) is 20.6. The number of urea groups is 1. The number of carbonyl (C=O) groups is 1. The molecule has 3 saturated heterocycles. The third-order valence-corrected chi connectivity index (χ3v) is 7.46. The van der Waals surface area contributed by atoms with Crippen molar-refractivity contribution in [2.45, 2.75) is 56.3 Å². The number of nitrogens with one attached hydrogen (secondary N) is 2. The van der Waals surface area contributed by atoms with Gasteiger partial charge < -0.3 is 15.5 Å². The lowest BCUT2D eigenvalue weighted by Crippen LogP contribution is -2.54. The van der Waals surface area contributed by atoms with Crippen molar-refractivity contribution in [3.63, 3.8) is 0 Å². The highest BCUT2D eigenvalue weighted by atomic mass is 32.2. The number of carbonyl (C=O) groups excluding carboxylic acids is 1. The van der Waals surface area contributed by atoms with Gasteiger partial charge in [0, 0.05) is 43.5 Å². The summed E-state index contributed by atoms with van der Waals surface area (Å²) in [5.41, 5.74) is 0.513. The van der Waals surface area contributed by atoms with E-state index in [2.05, 4.69) is 15.6 Å². The number of likely N-dealkylation sites (tertiary alicyclic amines) is 1. The highest BCUT2D eigenvalue weighted by molar-refractivity contribution is 7.88. The van der Waals surface area contributed by atoms with E-state index in [1.165, 1.54) is 12.5 Å². The molecule has 1 aromatic heterocycles. The maximum atomic E-state index is 12.7. The average Bonchev–Trinajstić information content (AvgIpc) is 3.25. The van der Waals surface area contributed by atoms with Gasteiger partial charge in [-0.2, -0.15) is 9.57 Å². The second-order valence-corrected chi connectivity index (χ2v) is 10.1. The molecule has 3 aliphatic heterocycles. The van der Waals surface area contributed by atoms with Gasteiger partial charge in [0.05, 0.1) is 11.8 Å². The minimum absolute atomic E-state index is 0.00417. The number of sulfonamides is 1. The fourth-order valence-electron chi connectivity index (χ4n) is 4.88. The van der Waals surface area contributed by atoms with Crippen LogP contribution in [0.5, 0.6) is 0 Å². The molecule has 0 radical (unpaired) electrons. The molecule has 3 aliphatic rings. The molecular formula is C19H26N6O3S. The lowest BCUT2D eigenvalue weighted by atomic mass is 10.00. The molecule has 0 spiro atoms. The summed E-state index contributed by atoms with van der Waals surface area (Å²) in [5, 5.41) is 15.3. The molecule has 156 valence electrons. The Bertz CT molecular complexity index is 899. The highest BCUT2D eigenvalue weighted by Gasteiger charge is 2.45. The molecule has 1 aromatic rings. The van der Waals surface area contributed by atoms with Crippen LogP contribution in [0.1, 0.15) is 37.7 Å². The van der Waals surface area contributed by atoms with E-state index in [0.717, 1.165) is 19.3 Å². The minimum atomic E-state index is -3.19. The van der Waals surface area contributed by atoms with E-state index in [0.29, 0.717) is 37.3 Å². The topological polar surface area (TPSA) is 118 Å². The standard InChI is InChI=1S/C19H26N6O3S/c1-29(27,28)25-16-3-4-17(25)9-15(8-16)23-19(26)24-7-6-14(12-24)22-18-5-2-13(10-20)11-21-18/h2,5,11,14-17H,3-4,6-9,12H2,1H3,(H,21,22)(H,23,26)/t14-,15?,16?,17?/m1/s1. The molecule has 9 nitrogen and oxygen atoms in total. The maximum Gasteiger partial charge on any atom is 0.317 e. The number of anilines is 1. The molecule has 2 amide bonds. The van der Waals surface area contributed by atoms with Crippen LogP contribution in [-0.4, -0.2) is 72.2 Å². The fraction of sp³-hybridized carbons (Fsp3) is 0.632. The van der Waals surface area contributed by atoms with Crippen LogP contribution in [0.25, 0.3) is 0 Å². The van der Waals surface area contributed by atoms with E-state index in [4.69, 9.17) is 5.26 Å². The van der Waals surface area contributed by atoms with Gasteiger partial charge in [-0.25, -0.2) is 18.2 Å². The number of pyridine rings is 1. The Morgan fingerprint density at radius 2 is 1.93 bits per heavy atom. The second kappa shape index (κ2) is 7.80. The van der Waals surface area contributed by atoms with Gasteiger partial charge in [-0.05, 0) is 44.2 Å². The molecule has 2 bridgehead atoms. The van der Waals surface area contributed by atoms with Crippen LogP contribution in [0.2, 0.25) is 0 Å². The lowest BCUT2D eigenvalue weighted by molar-refractivity contribution is 0.180. The molecule has 10 heteroatoms. The second-order valence-electron chi connectivity index (χ2n) is 8.22. The number of hydrogen-bond acceptors (Lipinski definition) is 6. The Morgan fingerprint density at radius 3 is 2.52 bits per heavy atom. The zero-order valence-corrected chi connectivity index (χ0v) is 17.2. The van der Waals surface area contributed by atoms with Crippen molar-refractivity contribution in [2.24, 2.45) is 0 Å². The summed E-state index contributed by atoms with van der Waals surface area (Å²) in [7, 11) is -3.19. The number of aromatic nitrogens is 1. The van der Waals surface area contributed by atoms with E-state index in [9.17, 15) is 13.2 Å². The van der Waals surface area contributed by atoms with Gasteiger partial charge >= 0.3 is 6.03 Å². The molecule has 2 unspecified atom stereocenters. The van der Waals surface area contributed by atoms with Gasteiger partial charge in [0.15, 0.2) is 0 Å². The SMILES string of the molecule is CS(=O)(=O)N1C2CCC1CC(NC(=O)N1CC[C@@H](Nc3ccc(C#N)cn3)C1)C2. The predicted molar refractivity (Wildman–Crippen MR) is 108 cm³/mol. The maximum absolute atomic E-state index is 12.7. The van der Waals surface area contributed by atoms with Crippen LogP contribution in [0.3, 0.4) is 0 Å².